The summed E-state index contributed by atoms with van der Waals surface area (Å²) in [7, 11) is 3.31. The van der Waals surface area contributed by atoms with Crippen molar-refractivity contribution in [2.75, 3.05) is 33.9 Å². The fraction of sp³-hybridized carbons (Fsp3) is 0.867. The van der Waals surface area contributed by atoms with E-state index in [4.69, 9.17) is 4.74 Å². The van der Waals surface area contributed by atoms with Gasteiger partial charge >= 0.3 is 0 Å². The Morgan fingerprint density at radius 3 is 2.41 bits per heavy atom. The molecule has 0 rings (SSSR count). The Hall–Kier alpha value is -0.570. The molecule has 22 heavy (non-hydrogen) atoms. The predicted molar refractivity (Wildman–Crippen MR) is 103 cm³/mol. The maximum atomic E-state index is 11.6. The first-order valence-corrected chi connectivity index (χ1v) is 7.51. The number of carbonyl (C=O) groups is 1. The molecule has 0 bridgehead atoms. The van der Waals surface area contributed by atoms with Crippen molar-refractivity contribution in [3.8, 4) is 0 Å². The average Bonchev–Trinajstić information content (AvgIpc) is 2.40. The third kappa shape index (κ3) is 14.4. The molecule has 0 aliphatic carbocycles. The smallest absolute Gasteiger partial charge is 0.239 e. The lowest BCUT2D eigenvalue weighted by Crippen LogP contribution is -2.46. The summed E-state index contributed by atoms with van der Waals surface area (Å²) in [6.45, 7) is 10.1. The highest BCUT2D eigenvalue weighted by atomic mass is 127. The fourth-order valence-electron chi connectivity index (χ4n) is 1.67. The summed E-state index contributed by atoms with van der Waals surface area (Å²) >= 11 is 0. The molecule has 6 nitrogen and oxygen atoms in total. The molecule has 1 atom stereocenters. The van der Waals surface area contributed by atoms with E-state index in [0.717, 1.165) is 12.8 Å². The van der Waals surface area contributed by atoms with Crippen molar-refractivity contribution in [2.45, 2.75) is 46.6 Å². The van der Waals surface area contributed by atoms with Crippen molar-refractivity contribution in [3.05, 3.63) is 0 Å². The highest BCUT2D eigenvalue weighted by Gasteiger charge is 2.13. The maximum Gasteiger partial charge on any atom is 0.239 e. The number of hydrogen-bond acceptors (Lipinski definition) is 3. The van der Waals surface area contributed by atoms with Crippen molar-refractivity contribution in [1.29, 1.82) is 0 Å². The molecule has 0 saturated carbocycles. The number of rotatable bonds is 8. The van der Waals surface area contributed by atoms with E-state index in [1.807, 2.05) is 0 Å². The van der Waals surface area contributed by atoms with Gasteiger partial charge in [-0.1, -0.05) is 20.8 Å². The lowest BCUT2D eigenvalue weighted by atomic mass is 9.89. The summed E-state index contributed by atoms with van der Waals surface area (Å²) in [5, 5.41) is 9.06. The summed E-state index contributed by atoms with van der Waals surface area (Å²) in [4.78, 5) is 15.7. The van der Waals surface area contributed by atoms with Gasteiger partial charge in [0.1, 0.15) is 0 Å². The Balaban J connectivity index is 0. The highest BCUT2D eigenvalue weighted by Crippen LogP contribution is 2.21. The molecular weight excluding hydrogens is 395 g/mol. The molecule has 0 heterocycles. The molecule has 3 N–H and O–H groups in total. The first-order chi connectivity index (χ1) is 9.78. The normalized spacial score (nSPS) is 13.1. The molecule has 0 fully saturated rings. The van der Waals surface area contributed by atoms with E-state index in [1.54, 1.807) is 14.2 Å². The molecule has 0 aromatic rings. The van der Waals surface area contributed by atoms with Crippen molar-refractivity contribution < 1.29 is 9.53 Å². The number of halogens is 1. The van der Waals surface area contributed by atoms with Crippen LogP contribution in [0.4, 0.5) is 0 Å². The number of nitrogens with zero attached hydrogens (tertiary/aromatic N) is 1. The average molecular weight is 428 g/mol. The van der Waals surface area contributed by atoms with Crippen LogP contribution in [0.2, 0.25) is 0 Å². The van der Waals surface area contributed by atoms with E-state index in [0.29, 0.717) is 30.6 Å². The minimum atomic E-state index is -0.0719. The van der Waals surface area contributed by atoms with Crippen LogP contribution in [0.25, 0.3) is 0 Å². The van der Waals surface area contributed by atoms with E-state index < -0.39 is 0 Å². The van der Waals surface area contributed by atoms with Gasteiger partial charge in [0.15, 0.2) is 5.96 Å². The molecule has 7 heteroatoms. The molecular formula is C15H33IN4O2. The van der Waals surface area contributed by atoms with Gasteiger partial charge in [-0.2, -0.15) is 0 Å². The molecule has 0 aromatic carbocycles. The van der Waals surface area contributed by atoms with Crippen molar-refractivity contribution in [2.24, 2.45) is 10.4 Å². The number of methoxy groups -OCH3 is 1. The van der Waals surface area contributed by atoms with Crippen LogP contribution in [0, 0.1) is 5.41 Å². The topological polar surface area (TPSA) is 74.8 Å². The zero-order valence-electron chi connectivity index (χ0n) is 14.8. The largest absolute Gasteiger partial charge is 0.383 e. The number of ether oxygens (including phenoxy) is 1. The molecule has 0 radical (unpaired) electrons. The van der Waals surface area contributed by atoms with Gasteiger partial charge in [0.25, 0.3) is 0 Å². The van der Waals surface area contributed by atoms with Gasteiger partial charge in [0, 0.05) is 26.7 Å². The van der Waals surface area contributed by atoms with Gasteiger partial charge in [0.05, 0.1) is 13.2 Å². The second-order valence-electron chi connectivity index (χ2n) is 6.41. The van der Waals surface area contributed by atoms with Gasteiger partial charge in [0.2, 0.25) is 5.91 Å². The zero-order valence-corrected chi connectivity index (χ0v) is 17.1. The third-order valence-electron chi connectivity index (χ3n) is 2.98. The number of aliphatic imine (C=N–C) groups is 1. The Morgan fingerprint density at radius 1 is 1.27 bits per heavy atom. The second-order valence-corrected chi connectivity index (χ2v) is 6.41. The standard InChI is InChI=1S/C15H32N4O2.HI/c1-12(7-8-15(2,3)4)19-14(16-5)18-11-13(20)17-9-10-21-6;/h12H,7-11H2,1-6H3,(H,17,20)(H2,16,18,19);1H. The number of amides is 1. The fourth-order valence-corrected chi connectivity index (χ4v) is 1.67. The van der Waals surface area contributed by atoms with Gasteiger partial charge in [-0.3, -0.25) is 9.79 Å². The monoisotopic (exact) mass is 428 g/mol. The molecule has 0 spiro atoms. The predicted octanol–water partition coefficient (Wildman–Crippen LogP) is 1.75. The summed E-state index contributed by atoms with van der Waals surface area (Å²) in [6, 6.07) is 0.312. The Bertz CT molecular complexity index is 330. The minimum Gasteiger partial charge on any atom is -0.383 e. The van der Waals surface area contributed by atoms with Crippen LogP contribution in [-0.4, -0.2) is 51.8 Å². The lowest BCUT2D eigenvalue weighted by molar-refractivity contribution is -0.120. The second kappa shape index (κ2) is 12.9. The SMILES string of the molecule is CN=C(NCC(=O)NCCOC)NC(C)CCC(C)(C)C.I. The van der Waals surface area contributed by atoms with E-state index in [9.17, 15) is 4.79 Å². The quantitative estimate of drug-likeness (QED) is 0.238. The van der Waals surface area contributed by atoms with Crippen LogP contribution in [0.15, 0.2) is 4.99 Å². The van der Waals surface area contributed by atoms with Crippen LogP contribution in [0.5, 0.6) is 0 Å². The van der Waals surface area contributed by atoms with Crippen LogP contribution in [-0.2, 0) is 9.53 Å². The van der Waals surface area contributed by atoms with Crippen LogP contribution in [0.1, 0.15) is 40.5 Å². The van der Waals surface area contributed by atoms with Crippen molar-refractivity contribution >= 4 is 35.8 Å². The first-order valence-electron chi connectivity index (χ1n) is 7.51. The molecule has 0 aliphatic rings. The Kier molecular flexibility index (Phi) is 13.9. The van der Waals surface area contributed by atoms with Gasteiger partial charge in [-0.15, -0.1) is 24.0 Å². The van der Waals surface area contributed by atoms with Crippen molar-refractivity contribution in [1.82, 2.24) is 16.0 Å². The number of nitrogens with one attached hydrogen (secondary N) is 3. The molecule has 0 aliphatic heterocycles. The van der Waals surface area contributed by atoms with E-state index in [-0.39, 0.29) is 36.4 Å². The van der Waals surface area contributed by atoms with Crippen LogP contribution < -0.4 is 16.0 Å². The van der Waals surface area contributed by atoms with Crippen LogP contribution in [0.3, 0.4) is 0 Å². The summed E-state index contributed by atoms with van der Waals surface area (Å²) in [6.07, 6.45) is 2.19. The first kappa shape index (κ1) is 23.7. The summed E-state index contributed by atoms with van der Waals surface area (Å²) < 4.78 is 4.87. The van der Waals surface area contributed by atoms with Gasteiger partial charge in [-0.25, -0.2) is 0 Å². The van der Waals surface area contributed by atoms with E-state index in [1.165, 1.54) is 0 Å². The molecule has 1 amide bonds. The molecule has 132 valence electrons. The van der Waals surface area contributed by atoms with Crippen molar-refractivity contribution in [3.63, 3.8) is 0 Å². The zero-order chi connectivity index (χ0) is 16.3. The van der Waals surface area contributed by atoms with Gasteiger partial charge in [-0.05, 0) is 25.2 Å². The van der Waals surface area contributed by atoms with E-state index in [2.05, 4.69) is 48.6 Å². The Morgan fingerprint density at radius 2 is 1.91 bits per heavy atom. The molecule has 0 saturated heterocycles. The highest BCUT2D eigenvalue weighted by molar-refractivity contribution is 14.0. The number of hydrogen-bond donors (Lipinski definition) is 3. The summed E-state index contributed by atoms with van der Waals surface area (Å²) in [5.41, 5.74) is 0.328. The lowest BCUT2D eigenvalue weighted by Gasteiger charge is -2.23. The number of carbonyl (C=O) groups excluding carboxylic acids is 1. The van der Waals surface area contributed by atoms with E-state index >= 15 is 0 Å². The molecule has 1 unspecified atom stereocenters. The maximum absolute atomic E-state index is 11.6. The molecule has 0 aromatic heterocycles. The van der Waals surface area contributed by atoms with Crippen LogP contribution >= 0.6 is 24.0 Å². The van der Waals surface area contributed by atoms with Gasteiger partial charge < -0.3 is 20.7 Å². The minimum absolute atomic E-state index is 0. The Labute approximate surface area is 152 Å². The summed E-state index contributed by atoms with van der Waals surface area (Å²) in [5.74, 6) is 0.579. The third-order valence-corrected chi connectivity index (χ3v) is 2.98. The number of guanidine groups is 1.